The summed E-state index contributed by atoms with van der Waals surface area (Å²) in [5.41, 5.74) is 4.87. The molecule has 13 nitrogen and oxygen atoms in total. The molecule has 12 aromatic rings. The van der Waals surface area contributed by atoms with E-state index in [4.69, 9.17) is 9.47 Å². The molecule has 0 aliphatic heterocycles. The van der Waals surface area contributed by atoms with E-state index in [2.05, 4.69) is 88.9 Å². The number of fused-ring (bicyclic) bond motifs is 9. The number of hydrogen-bond donors (Lipinski definition) is 0. The van der Waals surface area contributed by atoms with Gasteiger partial charge in [0.05, 0.1) is 12.4 Å². The average Bonchev–Trinajstić information content (AvgIpc) is 3.92. The molecule has 0 aliphatic rings. The molecular formula is C46H23N11O2Pt2. The van der Waals surface area contributed by atoms with Crippen molar-refractivity contribution >= 4 is 65.4 Å². The number of ether oxygens (including phenoxy) is 2. The summed E-state index contributed by atoms with van der Waals surface area (Å²) >= 11 is 0. The Kier molecular flexibility index (Phi) is 9.62. The normalized spacial score (nSPS) is 11.3. The molecule has 0 spiro atoms. The van der Waals surface area contributed by atoms with Crippen LogP contribution in [0.2, 0.25) is 0 Å². The summed E-state index contributed by atoms with van der Waals surface area (Å²) in [5, 5.41) is 22.6. The first-order chi connectivity index (χ1) is 29.2. The summed E-state index contributed by atoms with van der Waals surface area (Å²) < 4.78 is 18.8. The molecule has 6 aromatic heterocycles. The van der Waals surface area contributed by atoms with Crippen LogP contribution in [0.3, 0.4) is 0 Å². The summed E-state index contributed by atoms with van der Waals surface area (Å²) in [7, 11) is 0. The first kappa shape index (κ1) is 38.0. The average molecular weight is 1150 g/mol. The molecule has 0 amide bonds. The van der Waals surface area contributed by atoms with Crippen LogP contribution in [-0.2, 0) is 42.1 Å². The summed E-state index contributed by atoms with van der Waals surface area (Å²) in [6.07, 6.45) is 11.4. The molecule has 6 heterocycles. The topological polar surface area (TPSA) is 136 Å². The van der Waals surface area contributed by atoms with Crippen LogP contribution < -0.4 is 9.47 Å². The van der Waals surface area contributed by atoms with Crippen molar-refractivity contribution in [1.29, 1.82) is 0 Å². The fraction of sp³-hybridized carbons (Fsp3) is 0. The van der Waals surface area contributed by atoms with E-state index in [1.807, 2.05) is 81.9 Å². The van der Waals surface area contributed by atoms with Crippen LogP contribution in [0.5, 0.6) is 23.0 Å². The van der Waals surface area contributed by atoms with E-state index in [1.54, 1.807) is 41.7 Å². The Hall–Kier alpha value is -7.20. The van der Waals surface area contributed by atoms with E-state index in [1.165, 1.54) is 6.33 Å². The zero-order valence-corrected chi connectivity index (χ0v) is 35.7. The molecule has 0 fully saturated rings. The van der Waals surface area contributed by atoms with Gasteiger partial charge in [0.1, 0.15) is 0 Å². The van der Waals surface area contributed by atoms with E-state index in [9.17, 15) is 0 Å². The third-order valence-corrected chi connectivity index (χ3v) is 10.2. The minimum Gasteiger partial charge on any atom is -0.509 e. The van der Waals surface area contributed by atoms with Gasteiger partial charge in [0.25, 0.3) is 5.95 Å². The number of rotatable bonds is 7. The maximum absolute atomic E-state index is 6.47. The zero-order chi connectivity index (χ0) is 38.9. The first-order valence-corrected chi connectivity index (χ1v) is 18.5. The quantitative estimate of drug-likeness (QED) is 0.142. The molecule has 0 saturated heterocycles. The summed E-state index contributed by atoms with van der Waals surface area (Å²) in [6, 6.07) is 45.7. The monoisotopic (exact) mass is 1150 g/mol. The summed E-state index contributed by atoms with van der Waals surface area (Å²) in [5.74, 6) is 3.49. The van der Waals surface area contributed by atoms with Crippen molar-refractivity contribution in [2.45, 2.75) is 0 Å². The van der Waals surface area contributed by atoms with Gasteiger partial charge in [-0.3, -0.25) is 9.97 Å². The number of para-hydroxylation sites is 2. The van der Waals surface area contributed by atoms with Gasteiger partial charge in [-0.1, -0.05) is 58.5 Å². The first-order valence-electron chi connectivity index (χ1n) is 18.5. The van der Waals surface area contributed by atoms with Gasteiger partial charge in [-0.05, 0) is 22.9 Å². The smallest absolute Gasteiger partial charge is 0.509 e. The molecule has 0 aliphatic carbocycles. The van der Waals surface area contributed by atoms with Gasteiger partial charge in [0.2, 0.25) is 0 Å². The second-order valence-electron chi connectivity index (χ2n) is 13.6. The van der Waals surface area contributed by atoms with Crippen LogP contribution in [-0.4, -0.2) is 54.0 Å². The van der Waals surface area contributed by atoms with E-state index >= 15 is 0 Å². The fourth-order valence-electron chi connectivity index (χ4n) is 7.83. The van der Waals surface area contributed by atoms with Gasteiger partial charge in [0, 0.05) is 58.8 Å². The maximum atomic E-state index is 6.47. The molecule has 6 aromatic carbocycles. The van der Waals surface area contributed by atoms with Crippen molar-refractivity contribution in [3.8, 4) is 40.6 Å². The third kappa shape index (κ3) is 6.32. The molecule has 15 heteroatoms. The van der Waals surface area contributed by atoms with Crippen molar-refractivity contribution in [2.75, 3.05) is 0 Å². The van der Waals surface area contributed by atoms with Crippen LogP contribution in [0.4, 0.5) is 0 Å². The van der Waals surface area contributed by atoms with E-state index in [0.717, 1.165) is 54.4 Å². The van der Waals surface area contributed by atoms with Gasteiger partial charge < -0.3 is 23.2 Å². The van der Waals surface area contributed by atoms with Crippen molar-refractivity contribution in [2.24, 2.45) is 0 Å². The summed E-state index contributed by atoms with van der Waals surface area (Å²) in [4.78, 5) is 17.8. The SMILES string of the molecule is [Pt+2].[Pt+2].[c-]1c(Oc2[c-]c3c(cc2)c2ccccc2n3-c2cnccn2)ccc2c3ccc(Oc4[c-]c5c(cc4)c4ccccc4n5-c4cnccn4)[c-]c3n(-c3nncnn3)c12. The van der Waals surface area contributed by atoms with Crippen molar-refractivity contribution in [3.05, 3.63) is 165 Å². The van der Waals surface area contributed by atoms with Gasteiger partial charge in [-0.25, -0.2) is 9.97 Å². The number of nitrogens with zero attached hydrogens (tertiary/aromatic N) is 11. The predicted octanol–water partition coefficient (Wildman–Crippen LogP) is 8.92. The van der Waals surface area contributed by atoms with Crippen molar-refractivity contribution in [3.63, 3.8) is 0 Å². The van der Waals surface area contributed by atoms with Crippen LogP contribution in [0.25, 0.3) is 83.0 Å². The minimum atomic E-state index is 0. The van der Waals surface area contributed by atoms with Gasteiger partial charge in [0.15, 0.2) is 18.0 Å². The Balaban J connectivity index is 0.00000223. The Labute approximate surface area is 374 Å². The Morgan fingerprint density at radius 3 is 1.21 bits per heavy atom. The molecule has 0 radical (unpaired) electrons. The van der Waals surface area contributed by atoms with Crippen LogP contribution in [0.1, 0.15) is 0 Å². The molecule has 0 N–H and O–H groups in total. The molecular weight excluding hydrogens is 1130 g/mol. The molecule has 294 valence electrons. The van der Waals surface area contributed by atoms with E-state index in [0.29, 0.717) is 45.7 Å². The Morgan fingerprint density at radius 1 is 0.410 bits per heavy atom. The molecule has 0 saturated carbocycles. The van der Waals surface area contributed by atoms with Gasteiger partial charge >= 0.3 is 42.1 Å². The molecule has 0 unspecified atom stereocenters. The standard InChI is InChI=1S/C46H23N11O2.2Pt/c1-3-7-38-32(5-1)34-13-9-28(21-40(34)55(38)44-25-47-17-19-49-44)58-30-11-15-36-37-16-12-31(24-43(37)57(42(36)23-30)46-53-51-27-52-54-46)59-29-10-14-35-33-6-2-4-8-39(33)56(41(35)22-29)45-26-48-18-20-50-45;;/h1-20,25-27H;;/q-4;2*+2. The van der Waals surface area contributed by atoms with Crippen LogP contribution in [0, 0.1) is 24.3 Å². The maximum Gasteiger partial charge on any atom is 2.00 e. The zero-order valence-electron chi connectivity index (χ0n) is 31.1. The minimum absolute atomic E-state index is 0. The van der Waals surface area contributed by atoms with Gasteiger partial charge in [-0.2, -0.15) is 35.0 Å². The number of aromatic nitrogens is 11. The second kappa shape index (κ2) is 15.4. The second-order valence-corrected chi connectivity index (χ2v) is 13.6. The third-order valence-electron chi connectivity index (χ3n) is 10.2. The molecule has 12 rings (SSSR count). The summed E-state index contributed by atoms with van der Waals surface area (Å²) in [6.45, 7) is 0. The largest absolute Gasteiger partial charge is 2.00 e. The molecule has 61 heavy (non-hydrogen) atoms. The number of hydrogen-bond acceptors (Lipinski definition) is 10. The van der Waals surface area contributed by atoms with E-state index < -0.39 is 0 Å². The fourth-order valence-corrected chi connectivity index (χ4v) is 7.83. The molecule has 0 atom stereocenters. The predicted molar refractivity (Wildman–Crippen MR) is 220 cm³/mol. The Bertz CT molecular complexity index is 3360. The van der Waals surface area contributed by atoms with Crippen LogP contribution in [0.15, 0.2) is 141 Å². The van der Waals surface area contributed by atoms with Crippen LogP contribution >= 0.6 is 0 Å². The number of benzene rings is 6. The van der Waals surface area contributed by atoms with Crippen molar-refractivity contribution in [1.82, 2.24) is 54.0 Å². The Morgan fingerprint density at radius 2 is 0.803 bits per heavy atom. The molecule has 0 bridgehead atoms. The van der Waals surface area contributed by atoms with Crippen molar-refractivity contribution < 1.29 is 51.6 Å². The van der Waals surface area contributed by atoms with E-state index in [-0.39, 0.29) is 48.1 Å². The van der Waals surface area contributed by atoms with Gasteiger partial charge in [-0.15, -0.1) is 79.7 Å².